The summed E-state index contributed by atoms with van der Waals surface area (Å²) in [5.74, 6) is 0.134. The van der Waals surface area contributed by atoms with Crippen molar-refractivity contribution in [3.05, 3.63) is 46.6 Å². The molecular weight excluding hydrogens is 306 g/mol. The van der Waals surface area contributed by atoms with Crippen LogP contribution in [0.15, 0.2) is 24.3 Å². The summed E-state index contributed by atoms with van der Waals surface area (Å²) in [6.45, 7) is 1.93. The molecule has 128 valence electrons. The lowest BCUT2D eigenvalue weighted by molar-refractivity contribution is 0.0189. The molecule has 2 aromatic rings. The van der Waals surface area contributed by atoms with E-state index in [0.717, 1.165) is 24.0 Å². The van der Waals surface area contributed by atoms with Gasteiger partial charge in [-0.15, -0.1) is 0 Å². The lowest BCUT2D eigenvalue weighted by Gasteiger charge is -2.34. The third-order valence-corrected chi connectivity index (χ3v) is 4.69. The van der Waals surface area contributed by atoms with Gasteiger partial charge in [0, 0.05) is 7.05 Å². The van der Waals surface area contributed by atoms with Crippen molar-refractivity contribution in [3.8, 4) is 5.88 Å². The maximum atomic E-state index is 12.6. The van der Waals surface area contributed by atoms with Crippen molar-refractivity contribution < 1.29 is 14.6 Å². The quantitative estimate of drug-likeness (QED) is 0.895. The first-order chi connectivity index (χ1) is 11.5. The van der Waals surface area contributed by atoms with Gasteiger partial charge in [0.05, 0.1) is 19.3 Å². The zero-order valence-corrected chi connectivity index (χ0v) is 14.3. The molecular formula is C18H23N3O3. The predicted molar refractivity (Wildman–Crippen MR) is 90.1 cm³/mol. The molecule has 0 saturated heterocycles. The van der Waals surface area contributed by atoms with Crippen molar-refractivity contribution in [2.45, 2.75) is 31.8 Å². The first-order valence-electron chi connectivity index (χ1n) is 8.13. The van der Waals surface area contributed by atoms with Gasteiger partial charge in [0.1, 0.15) is 11.2 Å². The van der Waals surface area contributed by atoms with Crippen LogP contribution in [0, 0.1) is 6.92 Å². The van der Waals surface area contributed by atoms with Crippen LogP contribution in [-0.2, 0) is 19.1 Å². The smallest absolute Gasteiger partial charge is 0.258 e. The van der Waals surface area contributed by atoms with Crippen molar-refractivity contribution in [1.82, 2.24) is 15.1 Å². The Hall–Kier alpha value is -2.34. The Kier molecular flexibility index (Phi) is 4.32. The monoisotopic (exact) mass is 329 g/mol. The van der Waals surface area contributed by atoms with Crippen LogP contribution in [0.4, 0.5) is 0 Å². The average Bonchev–Trinajstić information content (AvgIpc) is 2.86. The fourth-order valence-electron chi connectivity index (χ4n) is 3.53. The second-order valence-electron chi connectivity index (χ2n) is 6.32. The van der Waals surface area contributed by atoms with E-state index in [0.29, 0.717) is 23.6 Å². The Balaban J connectivity index is 1.80. The largest absolute Gasteiger partial charge is 0.481 e. The van der Waals surface area contributed by atoms with E-state index < -0.39 is 5.60 Å². The highest BCUT2D eigenvalue weighted by Crippen LogP contribution is 2.34. The molecule has 1 atom stereocenters. The molecule has 24 heavy (non-hydrogen) atoms. The van der Waals surface area contributed by atoms with E-state index in [1.165, 1.54) is 11.8 Å². The van der Waals surface area contributed by atoms with Gasteiger partial charge in [-0.1, -0.05) is 24.3 Å². The van der Waals surface area contributed by atoms with Crippen LogP contribution in [0.5, 0.6) is 5.88 Å². The van der Waals surface area contributed by atoms with E-state index >= 15 is 0 Å². The Morgan fingerprint density at radius 3 is 2.96 bits per heavy atom. The lowest BCUT2D eigenvalue weighted by atomic mass is 9.79. The molecule has 1 amide bonds. The topological polar surface area (TPSA) is 76.4 Å². The Morgan fingerprint density at radius 2 is 2.21 bits per heavy atom. The number of aromatic nitrogens is 2. The second kappa shape index (κ2) is 6.28. The molecule has 0 unspecified atom stereocenters. The minimum atomic E-state index is -1.03. The highest BCUT2D eigenvalue weighted by molar-refractivity contribution is 5.97. The van der Waals surface area contributed by atoms with Gasteiger partial charge in [-0.25, -0.2) is 4.68 Å². The molecule has 1 aliphatic rings. The van der Waals surface area contributed by atoms with Gasteiger partial charge in [-0.05, 0) is 37.3 Å². The average molecular weight is 329 g/mol. The fourth-order valence-corrected chi connectivity index (χ4v) is 3.53. The van der Waals surface area contributed by atoms with Crippen LogP contribution in [-0.4, -0.2) is 34.4 Å². The number of aliphatic hydroxyl groups is 1. The summed E-state index contributed by atoms with van der Waals surface area (Å²) >= 11 is 0. The maximum Gasteiger partial charge on any atom is 0.258 e. The van der Waals surface area contributed by atoms with E-state index in [2.05, 4.69) is 10.4 Å². The predicted octanol–water partition coefficient (Wildman–Crippen LogP) is 1.69. The zero-order valence-electron chi connectivity index (χ0n) is 14.3. The van der Waals surface area contributed by atoms with Gasteiger partial charge >= 0.3 is 0 Å². The van der Waals surface area contributed by atoms with Crippen molar-refractivity contribution in [3.63, 3.8) is 0 Å². The van der Waals surface area contributed by atoms with Gasteiger partial charge in [0.2, 0.25) is 5.88 Å². The normalized spacial score (nSPS) is 19.7. The number of aryl methyl sites for hydroxylation is 3. The van der Waals surface area contributed by atoms with Crippen molar-refractivity contribution in [2.24, 2.45) is 7.05 Å². The number of hydrogen-bond donors (Lipinski definition) is 2. The van der Waals surface area contributed by atoms with Crippen LogP contribution in [0.3, 0.4) is 0 Å². The summed E-state index contributed by atoms with van der Waals surface area (Å²) in [6, 6.07) is 7.88. The molecule has 1 aromatic heterocycles. The molecule has 0 aliphatic heterocycles. The van der Waals surface area contributed by atoms with Crippen LogP contribution < -0.4 is 10.1 Å². The van der Waals surface area contributed by atoms with Crippen LogP contribution in [0.25, 0.3) is 0 Å². The molecule has 1 aromatic carbocycles. The van der Waals surface area contributed by atoms with Gasteiger partial charge in [-0.3, -0.25) is 4.79 Å². The first-order valence-corrected chi connectivity index (χ1v) is 8.13. The maximum absolute atomic E-state index is 12.6. The number of amides is 1. The molecule has 1 heterocycles. The van der Waals surface area contributed by atoms with Gasteiger partial charge in [0.25, 0.3) is 5.91 Å². The molecule has 0 radical (unpaired) electrons. The summed E-state index contributed by atoms with van der Waals surface area (Å²) < 4.78 is 6.80. The number of fused-ring (bicyclic) bond motifs is 1. The molecule has 0 spiro atoms. The summed E-state index contributed by atoms with van der Waals surface area (Å²) in [5, 5.41) is 18.1. The van der Waals surface area contributed by atoms with Crippen LogP contribution >= 0.6 is 0 Å². The van der Waals surface area contributed by atoms with E-state index in [4.69, 9.17) is 4.74 Å². The standard InChI is InChI=1S/C18H23N3O3/c1-12-15(17(24-3)21(2)20-12)16(22)19-11-18(23)10-6-8-13-7-4-5-9-14(13)18/h4-5,7,9,23H,6,8,10-11H2,1-3H3,(H,19,22)/t18-/m0/s1. The molecule has 1 aliphatic carbocycles. The molecule has 6 heteroatoms. The Labute approximate surface area is 141 Å². The van der Waals surface area contributed by atoms with Crippen molar-refractivity contribution in [1.29, 1.82) is 0 Å². The van der Waals surface area contributed by atoms with Crippen LogP contribution in [0.2, 0.25) is 0 Å². The highest BCUT2D eigenvalue weighted by atomic mass is 16.5. The summed E-state index contributed by atoms with van der Waals surface area (Å²) in [7, 11) is 3.24. The third kappa shape index (κ3) is 2.78. The molecule has 0 bridgehead atoms. The third-order valence-electron chi connectivity index (χ3n) is 4.69. The van der Waals surface area contributed by atoms with E-state index in [-0.39, 0.29) is 12.5 Å². The minimum absolute atomic E-state index is 0.167. The summed E-state index contributed by atoms with van der Waals surface area (Å²) in [5.41, 5.74) is 2.03. The van der Waals surface area contributed by atoms with Gasteiger partial charge in [0.15, 0.2) is 0 Å². The first kappa shape index (κ1) is 16.5. The van der Waals surface area contributed by atoms with E-state index in [1.54, 1.807) is 14.0 Å². The number of nitrogens with one attached hydrogen (secondary N) is 1. The SMILES string of the molecule is COc1c(C(=O)NC[C@@]2(O)CCCc3ccccc32)c(C)nn1C. The fraction of sp³-hybridized carbons (Fsp3) is 0.444. The zero-order chi connectivity index (χ0) is 17.3. The highest BCUT2D eigenvalue weighted by Gasteiger charge is 2.35. The molecule has 3 rings (SSSR count). The Morgan fingerprint density at radius 1 is 1.46 bits per heavy atom. The number of hydrogen-bond acceptors (Lipinski definition) is 4. The number of carbonyl (C=O) groups is 1. The van der Waals surface area contributed by atoms with Crippen molar-refractivity contribution >= 4 is 5.91 Å². The summed E-state index contributed by atoms with van der Waals surface area (Å²) in [4.78, 5) is 12.6. The molecule has 0 fully saturated rings. The molecule has 0 saturated carbocycles. The number of benzene rings is 1. The lowest BCUT2D eigenvalue weighted by Crippen LogP contribution is -2.43. The second-order valence-corrected chi connectivity index (χ2v) is 6.32. The summed E-state index contributed by atoms with van der Waals surface area (Å²) in [6.07, 6.45) is 2.49. The minimum Gasteiger partial charge on any atom is -0.481 e. The molecule has 6 nitrogen and oxygen atoms in total. The number of rotatable bonds is 4. The molecule has 2 N–H and O–H groups in total. The number of ether oxygens (including phenoxy) is 1. The number of methoxy groups -OCH3 is 1. The van der Waals surface area contributed by atoms with Crippen molar-refractivity contribution in [2.75, 3.05) is 13.7 Å². The number of carbonyl (C=O) groups excluding carboxylic acids is 1. The Bertz CT molecular complexity index is 769. The van der Waals surface area contributed by atoms with E-state index in [1.807, 2.05) is 24.3 Å². The number of nitrogens with zero attached hydrogens (tertiary/aromatic N) is 2. The van der Waals surface area contributed by atoms with E-state index in [9.17, 15) is 9.90 Å². The van der Waals surface area contributed by atoms with Crippen LogP contribution in [0.1, 0.15) is 40.0 Å². The van der Waals surface area contributed by atoms with Gasteiger partial charge in [-0.2, -0.15) is 5.10 Å². The van der Waals surface area contributed by atoms with Gasteiger partial charge < -0.3 is 15.2 Å².